The number of aryl methyl sites for hydroxylation is 1. The third-order valence-electron chi connectivity index (χ3n) is 4.14. The summed E-state index contributed by atoms with van der Waals surface area (Å²) < 4.78 is 11.0. The van der Waals surface area contributed by atoms with Gasteiger partial charge in [-0.2, -0.15) is 0 Å². The van der Waals surface area contributed by atoms with E-state index in [0.717, 1.165) is 5.56 Å². The highest BCUT2D eigenvalue weighted by atomic mass is 35.5. The van der Waals surface area contributed by atoms with Crippen molar-refractivity contribution >= 4 is 23.5 Å². The Hall–Kier alpha value is -1.79. The van der Waals surface area contributed by atoms with E-state index in [9.17, 15) is 9.59 Å². The summed E-state index contributed by atoms with van der Waals surface area (Å²) in [5.74, 6) is -0.766. The quantitative estimate of drug-likeness (QED) is 0.848. The fourth-order valence-electron chi connectivity index (χ4n) is 2.88. The van der Waals surface area contributed by atoms with Gasteiger partial charge in [-0.1, -0.05) is 17.7 Å². The van der Waals surface area contributed by atoms with Gasteiger partial charge in [-0.15, -0.1) is 0 Å². The Labute approximate surface area is 146 Å². The molecule has 0 radical (unpaired) electrons. The highest BCUT2D eigenvalue weighted by molar-refractivity contribution is 6.32. The van der Waals surface area contributed by atoms with E-state index >= 15 is 0 Å². The van der Waals surface area contributed by atoms with Crippen molar-refractivity contribution in [2.75, 3.05) is 13.7 Å². The lowest BCUT2D eigenvalue weighted by Gasteiger charge is -2.27. The van der Waals surface area contributed by atoms with Gasteiger partial charge in [0, 0.05) is 19.7 Å². The van der Waals surface area contributed by atoms with Crippen molar-refractivity contribution in [3.63, 3.8) is 0 Å². The molecule has 0 saturated carbocycles. The minimum Gasteiger partial charge on any atom is -0.481 e. The molecule has 1 saturated heterocycles. The fourth-order valence-corrected chi connectivity index (χ4v) is 3.05. The molecular weight excluding hydrogens is 334 g/mol. The van der Waals surface area contributed by atoms with Gasteiger partial charge < -0.3 is 19.5 Å². The van der Waals surface area contributed by atoms with Crippen LogP contribution < -0.4 is 4.74 Å². The molecule has 7 heteroatoms. The predicted octanol–water partition coefficient (Wildman–Crippen LogP) is 2.51. The topological polar surface area (TPSA) is 76.1 Å². The monoisotopic (exact) mass is 355 g/mol. The van der Waals surface area contributed by atoms with Gasteiger partial charge in [0.1, 0.15) is 5.75 Å². The average molecular weight is 356 g/mol. The van der Waals surface area contributed by atoms with Crippen LogP contribution >= 0.6 is 11.6 Å². The standard InChI is InChI=1S/C17H22ClNO5/c1-10-4-5-14(18)15(6-10)24-11(2)17(22)19-9-13(23-3)7-12(19)8-16(20)21/h4-6,11-13H,7-9H2,1-3H3,(H,20,21). The smallest absolute Gasteiger partial charge is 0.305 e. The van der Waals surface area contributed by atoms with Gasteiger partial charge in [-0.25, -0.2) is 0 Å². The molecule has 1 amide bonds. The van der Waals surface area contributed by atoms with Crippen LogP contribution in [0, 0.1) is 6.92 Å². The number of benzene rings is 1. The molecule has 0 spiro atoms. The Morgan fingerprint density at radius 2 is 2.17 bits per heavy atom. The van der Waals surface area contributed by atoms with E-state index in [2.05, 4.69) is 0 Å². The number of carbonyl (C=O) groups excluding carboxylic acids is 1. The summed E-state index contributed by atoms with van der Waals surface area (Å²) >= 11 is 6.10. The number of ether oxygens (including phenoxy) is 2. The molecule has 0 aliphatic carbocycles. The molecule has 1 fully saturated rings. The van der Waals surface area contributed by atoms with Crippen LogP contribution in [0.25, 0.3) is 0 Å². The molecule has 24 heavy (non-hydrogen) atoms. The van der Waals surface area contributed by atoms with E-state index in [-0.39, 0.29) is 24.5 Å². The van der Waals surface area contributed by atoms with Gasteiger partial charge in [-0.3, -0.25) is 9.59 Å². The lowest BCUT2D eigenvalue weighted by atomic mass is 10.1. The van der Waals surface area contributed by atoms with Crippen molar-refractivity contribution in [2.45, 2.75) is 44.9 Å². The molecule has 2 rings (SSSR count). The van der Waals surface area contributed by atoms with Gasteiger partial charge in [0.15, 0.2) is 6.10 Å². The van der Waals surface area contributed by atoms with Crippen LogP contribution in [-0.2, 0) is 14.3 Å². The number of nitrogens with zero attached hydrogens (tertiary/aromatic N) is 1. The Morgan fingerprint density at radius 1 is 1.46 bits per heavy atom. The Balaban J connectivity index is 2.10. The zero-order valence-electron chi connectivity index (χ0n) is 14.0. The summed E-state index contributed by atoms with van der Waals surface area (Å²) in [6.45, 7) is 3.91. The maximum atomic E-state index is 12.7. The van der Waals surface area contributed by atoms with Crippen LogP contribution in [0.3, 0.4) is 0 Å². The van der Waals surface area contributed by atoms with E-state index in [1.165, 1.54) is 4.90 Å². The summed E-state index contributed by atoms with van der Waals surface area (Å²) in [5, 5.41) is 9.47. The Bertz CT molecular complexity index is 621. The van der Waals surface area contributed by atoms with Crippen LogP contribution in [-0.4, -0.2) is 53.8 Å². The summed E-state index contributed by atoms with van der Waals surface area (Å²) in [7, 11) is 1.56. The molecular formula is C17H22ClNO5. The largest absolute Gasteiger partial charge is 0.481 e. The normalized spacial score (nSPS) is 21.6. The highest BCUT2D eigenvalue weighted by Gasteiger charge is 2.38. The first-order valence-electron chi connectivity index (χ1n) is 7.79. The van der Waals surface area contributed by atoms with E-state index < -0.39 is 12.1 Å². The summed E-state index contributed by atoms with van der Waals surface area (Å²) in [4.78, 5) is 25.3. The van der Waals surface area contributed by atoms with Gasteiger partial charge >= 0.3 is 5.97 Å². The van der Waals surface area contributed by atoms with Crippen LogP contribution in [0.5, 0.6) is 5.75 Å². The molecule has 132 valence electrons. The summed E-state index contributed by atoms with van der Waals surface area (Å²) in [6, 6.07) is 4.95. The van der Waals surface area contributed by atoms with Crippen LogP contribution in [0.15, 0.2) is 18.2 Å². The lowest BCUT2D eigenvalue weighted by Crippen LogP contribution is -2.44. The molecule has 3 atom stereocenters. The summed E-state index contributed by atoms with van der Waals surface area (Å²) in [5.41, 5.74) is 0.971. The average Bonchev–Trinajstić information content (AvgIpc) is 2.92. The number of likely N-dealkylation sites (tertiary alicyclic amines) is 1. The third kappa shape index (κ3) is 4.39. The third-order valence-corrected chi connectivity index (χ3v) is 4.45. The number of rotatable bonds is 6. The molecule has 3 unspecified atom stereocenters. The van der Waals surface area contributed by atoms with E-state index in [1.807, 2.05) is 13.0 Å². The number of amides is 1. The lowest BCUT2D eigenvalue weighted by molar-refractivity contribution is -0.142. The van der Waals surface area contributed by atoms with Crippen LogP contribution in [0.2, 0.25) is 5.02 Å². The number of carboxylic acid groups (broad SMARTS) is 1. The molecule has 6 nitrogen and oxygen atoms in total. The number of carbonyl (C=O) groups is 2. The zero-order chi connectivity index (χ0) is 17.9. The number of aliphatic carboxylic acids is 1. The first-order chi connectivity index (χ1) is 11.3. The molecule has 1 N–H and O–H groups in total. The number of carboxylic acids is 1. The minimum absolute atomic E-state index is 0.108. The van der Waals surface area contributed by atoms with Crippen molar-refractivity contribution in [1.82, 2.24) is 4.90 Å². The minimum atomic E-state index is -0.940. The summed E-state index contributed by atoms with van der Waals surface area (Å²) in [6.07, 6.45) is -0.528. The van der Waals surface area contributed by atoms with E-state index in [4.69, 9.17) is 26.2 Å². The van der Waals surface area contributed by atoms with Crippen LogP contribution in [0.4, 0.5) is 0 Å². The van der Waals surface area contributed by atoms with Crippen LogP contribution in [0.1, 0.15) is 25.3 Å². The zero-order valence-corrected chi connectivity index (χ0v) is 14.7. The fraction of sp³-hybridized carbons (Fsp3) is 0.529. The first kappa shape index (κ1) is 18.5. The SMILES string of the molecule is COC1CC(CC(=O)O)N(C(=O)C(C)Oc2cc(C)ccc2Cl)C1. The van der Waals surface area contributed by atoms with Crippen molar-refractivity contribution in [3.8, 4) is 5.75 Å². The second kappa shape index (κ2) is 7.85. The van der Waals surface area contributed by atoms with E-state index in [1.54, 1.807) is 26.2 Å². The number of hydrogen-bond acceptors (Lipinski definition) is 4. The molecule has 1 aromatic rings. The molecule has 1 aliphatic rings. The van der Waals surface area contributed by atoms with Crippen molar-refractivity contribution in [3.05, 3.63) is 28.8 Å². The van der Waals surface area contributed by atoms with Gasteiger partial charge in [0.2, 0.25) is 0 Å². The maximum absolute atomic E-state index is 12.7. The Morgan fingerprint density at radius 3 is 2.79 bits per heavy atom. The Kier molecular flexibility index (Phi) is 6.07. The van der Waals surface area contributed by atoms with Gasteiger partial charge in [0.05, 0.1) is 17.5 Å². The first-order valence-corrected chi connectivity index (χ1v) is 8.17. The van der Waals surface area contributed by atoms with Gasteiger partial charge in [0.25, 0.3) is 5.91 Å². The molecule has 1 aromatic carbocycles. The van der Waals surface area contributed by atoms with Gasteiger partial charge in [-0.05, 0) is 38.0 Å². The molecule has 0 bridgehead atoms. The molecule has 1 heterocycles. The molecule has 1 aliphatic heterocycles. The number of halogens is 1. The number of methoxy groups -OCH3 is 1. The van der Waals surface area contributed by atoms with Crippen molar-refractivity contribution < 1.29 is 24.2 Å². The number of hydrogen-bond donors (Lipinski definition) is 1. The van der Waals surface area contributed by atoms with E-state index in [0.29, 0.717) is 23.7 Å². The highest BCUT2D eigenvalue weighted by Crippen LogP contribution is 2.28. The van der Waals surface area contributed by atoms with Crippen molar-refractivity contribution in [2.24, 2.45) is 0 Å². The second-order valence-electron chi connectivity index (χ2n) is 6.03. The maximum Gasteiger partial charge on any atom is 0.305 e. The van der Waals surface area contributed by atoms with Crippen molar-refractivity contribution in [1.29, 1.82) is 0 Å². The molecule has 0 aromatic heterocycles. The second-order valence-corrected chi connectivity index (χ2v) is 6.44. The predicted molar refractivity (Wildman–Crippen MR) is 89.4 cm³/mol.